The van der Waals surface area contributed by atoms with Crippen molar-refractivity contribution in [2.45, 2.75) is 26.4 Å². The second kappa shape index (κ2) is 5.37. The molecule has 0 atom stereocenters. The number of fused-ring (bicyclic) bond motifs is 1. The molecule has 2 rings (SSSR count). The van der Waals surface area contributed by atoms with Crippen molar-refractivity contribution >= 4 is 11.3 Å². The number of nitrogens with two attached hydrogens (primary N) is 1. The Balaban J connectivity index is 0.000000396. The molecule has 1 aliphatic heterocycles. The summed E-state index contributed by atoms with van der Waals surface area (Å²) >= 11 is 1.90. The highest BCUT2D eigenvalue weighted by Gasteiger charge is 2.14. The summed E-state index contributed by atoms with van der Waals surface area (Å²) in [6, 6.07) is 0. The van der Waals surface area contributed by atoms with Crippen LogP contribution >= 0.6 is 11.3 Å². The molecule has 0 aliphatic carbocycles. The van der Waals surface area contributed by atoms with E-state index >= 15 is 0 Å². The minimum Gasteiger partial charge on any atom is -0.376 e. The van der Waals surface area contributed by atoms with E-state index in [-0.39, 0.29) is 0 Å². The molecule has 0 aromatic carbocycles. The Morgan fingerprint density at radius 2 is 2.31 bits per heavy atom. The zero-order chi connectivity index (χ0) is 9.68. The van der Waals surface area contributed by atoms with Gasteiger partial charge in [-0.25, -0.2) is 0 Å². The molecule has 0 fully saturated rings. The van der Waals surface area contributed by atoms with Crippen molar-refractivity contribution in [3.05, 3.63) is 21.4 Å². The molecule has 2 N–H and O–H groups in total. The maximum atomic E-state index is 5.40. The molecule has 0 saturated carbocycles. The van der Waals surface area contributed by atoms with Crippen LogP contribution in [-0.2, 0) is 24.2 Å². The fraction of sp³-hybridized carbons (Fsp3) is 0.600. The topological polar surface area (TPSA) is 35.2 Å². The molecule has 1 aromatic rings. The van der Waals surface area contributed by atoms with E-state index in [1.807, 2.05) is 11.3 Å². The van der Waals surface area contributed by atoms with Gasteiger partial charge < -0.3 is 10.5 Å². The fourth-order valence-electron chi connectivity index (χ4n) is 1.48. The largest absolute Gasteiger partial charge is 0.376 e. The van der Waals surface area contributed by atoms with Gasteiger partial charge in [-0.05, 0) is 30.0 Å². The summed E-state index contributed by atoms with van der Waals surface area (Å²) in [6.45, 7) is 3.97. The number of hydrogen-bond acceptors (Lipinski definition) is 3. The van der Waals surface area contributed by atoms with Crippen LogP contribution in [0.4, 0.5) is 0 Å². The van der Waals surface area contributed by atoms with Crippen LogP contribution < -0.4 is 5.73 Å². The minimum atomic E-state index is 0.849. The van der Waals surface area contributed by atoms with E-state index in [4.69, 9.17) is 4.74 Å². The molecule has 13 heavy (non-hydrogen) atoms. The number of thiophene rings is 1. The maximum Gasteiger partial charge on any atom is 0.0730 e. The van der Waals surface area contributed by atoms with Gasteiger partial charge in [0.25, 0.3) is 0 Å². The second-order valence-electron chi connectivity index (χ2n) is 2.82. The molecular formula is C10H17NOS. The van der Waals surface area contributed by atoms with Crippen LogP contribution in [0.1, 0.15) is 22.9 Å². The number of rotatable bonds is 1. The lowest BCUT2D eigenvalue weighted by atomic mass is 10.1. The van der Waals surface area contributed by atoms with E-state index in [9.17, 15) is 0 Å². The summed E-state index contributed by atoms with van der Waals surface area (Å²) in [6.07, 6.45) is 2.27. The molecule has 0 saturated heterocycles. The van der Waals surface area contributed by atoms with E-state index in [1.165, 1.54) is 18.2 Å². The molecule has 0 radical (unpaired) electrons. The van der Waals surface area contributed by atoms with Gasteiger partial charge in [-0.3, -0.25) is 0 Å². The summed E-state index contributed by atoms with van der Waals surface area (Å²) < 4.78 is 5.40. The molecule has 0 unspecified atom stereocenters. The second-order valence-corrected chi connectivity index (χ2v) is 3.78. The first-order valence-corrected chi connectivity index (χ1v) is 5.53. The lowest BCUT2D eigenvalue weighted by Gasteiger charge is -2.12. The average Bonchev–Trinajstić information content (AvgIpc) is 2.64. The highest BCUT2D eigenvalue weighted by molar-refractivity contribution is 7.10. The van der Waals surface area contributed by atoms with Gasteiger partial charge in [-0.15, -0.1) is 11.3 Å². The van der Waals surface area contributed by atoms with Gasteiger partial charge in [0.2, 0.25) is 0 Å². The van der Waals surface area contributed by atoms with Gasteiger partial charge in [0.1, 0.15) is 0 Å². The smallest absolute Gasteiger partial charge is 0.0730 e. The van der Waals surface area contributed by atoms with Gasteiger partial charge >= 0.3 is 0 Å². The molecule has 1 aromatic heterocycles. The third kappa shape index (κ3) is 2.30. The third-order valence-electron chi connectivity index (χ3n) is 2.17. The van der Waals surface area contributed by atoms with E-state index < -0.39 is 0 Å². The summed E-state index contributed by atoms with van der Waals surface area (Å²) in [5.41, 5.74) is 7.47. The fourth-order valence-corrected chi connectivity index (χ4v) is 2.61. The normalized spacial score (nSPS) is 14.4. The SMILES string of the molecule is CCc1csc2c1COCC2.CN. The third-order valence-corrected chi connectivity index (χ3v) is 3.31. The lowest BCUT2D eigenvalue weighted by molar-refractivity contribution is 0.111. The monoisotopic (exact) mass is 199 g/mol. The van der Waals surface area contributed by atoms with Gasteiger partial charge in [0.15, 0.2) is 0 Å². The summed E-state index contributed by atoms with van der Waals surface area (Å²) in [5.74, 6) is 0. The Kier molecular flexibility index (Phi) is 4.42. The molecule has 0 amide bonds. The van der Waals surface area contributed by atoms with Crippen molar-refractivity contribution in [1.82, 2.24) is 0 Å². The van der Waals surface area contributed by atoms with Crippen LogP contribution in [0.2, 0.25) is 0 Å². The first-order chi connectivity index (χ1) is 6.42. The summed E-state index contributed by atoms with van der Waals surface area (Å²) in [7, 11) is 1.50. The Hall–Kier alpha value is -0.380. The molecule has 2 heterocycles. The quantitative estimate of drug-likeness (QED) is 0.750. The van der Waals surface area contributed by atoms with Gasteiger partial charge in [-0.1, -0.05) is 6.92 Å². The zero-order valence-electron chi connectivity index (χ0n) is 8.30. The van der Waals surface area contributed by atoms with Gasteiger partial charge in [0.05, 0.1) is 13.2 Å². The standard InChI is InChI=1S/C9H12OS.CH5N/c1-2-7-6-11-9-3-4-10-5-8(7)9;1-2/h6H,2-5H2,1H3;2H2,1H3. The van der Waals surface area contributed by atoms with Crippen LogP contribution in [0.15, 0.2) is 5.38 Å². The number of aryl methyl sites for hydroxylation is 1. The molecule has 3 heteroatoms. The first-order valence-electron chi connectivity index (χ1n) is 4.65. The molecule has 0 bridgehead atoms. The van der Waals surface area contributed by atoms with Crippen LogP contribution in [-0.4, -0.2) is 13.7 Å². The van der Waals surface area contributed by atoms with Crippen molar-refractivity contribution in [2.75, 3.05) is 13.7 Å². The van der Waals surface area contributed by atoms with Crippen LogP contribution in [0.5, 0.6) is 0 Å². The Bertz CT molecular complexity index is 244. The zero-order valence-corrected chi connectivity index (χ0v) is 9.12. The van der Waals surface area contributed by atoms with E-state index in [0.717, 1.165) is 26.1 Å². The van der Waals surface area contributed by atoms with Crippen molar-refractivity contribution in [2.24, 2.45) is 5.73 Å². The number of hydrogen-bond donors (Lipinski definition) is 1. The average molecular weight is 199 g/mol. The maximum absolute atomic E-state index is 5.40. The van der Waals surface area contributed by atoms with E-state index in [0.29, 0.717) is 0 Å². The summed E-state index contributed by atoms with van der Waals surface area (Å²) in [5, 5.41) is 2.28. The van der Waals surface area contributed by atoms with Gasteiger partial charge in [-0.2, -0.15) is 0 Å². The Morgan fingerprint density at radius 3 is 3.00 bits per heavy atom. The molecule has 74 valence electrons. The lowest BCUT2D eigenvalue weighted by Crippen LogP contribution is -2.07. The van der Waals surface area contributed by atoms with Crippen molar-refractivity contribution in [3.63, 3.8) is 0 Å². The van der Waals surface area contributed by atoms with E-state index in [2.05, 4.69) is 18.0 Å². The van der Waals surface area contributed by atoms with Crippen molar-refractivity contribution in [3.8, 4) is 0 Å². The number of ether oxygens (including phenoxy) is 1. The predicted octanol–water partition coefficient (Wildman–Crippen LogP) is 1.96. The molecule has 2 nitrogen and oxygen atoms in total. The minimum absolute atomic E-state index is 0.849. The Labute approximate surface area is 83.7 Å². The van der Waals surface area contributed by atoms with E-state index in [1.54, 1.807) is 4.88 Å². The Morgan fingerprint density at radius 1 is 1.54 bits per heavy atom. The highest BCUT2D eigenvalue weighted by Crippen LogP contribution is 2.27. The van der Waals surface area contributed by atoms with Crippen molar-refractivity contribution < 1.29 is 4.74 Å². The molecule has 0 spiro atoms. The summed E-state index contributed by atoms with van der Waals surface area (Å²) in [4.78, 5) is 1.55. The highest BCUT2D eigenvalue weighted by atomic mass is 32.1. The van der Waals surface area contributed by atoms with Crippen LogP contribution in [0.25, 0.3) is 0 Å². The predicted molar refractivity (Wildman–Crippen MR) is 57.2 cm³/mol. The first kappa shape index (κ1) is 10.7. The van der Waals surface area contributed by atoms with Crippen LogP contribution in [0, 0.1) is 0 Å². The van der Waals surface area contributed by atoms with Crippen molar-refractivity contribution in [1.29, 1.82) is 0 Å². The van der Waals surface area contributed by atoms with Crippen LogP contribution in [0.3, 0.4) is 0 Å². The van der Waals surface area contributed by atoms with Gasteiger partial charge in [0, 0.05) is 11.3 Å². The molecular weight excluding hydrogens is 182 g/mol. The molecule has 1 aliphatic rings.